The molecule has 1 N–H and O–H groups in total. The van der Waals surface area contributed by atoms with Crippen molar-refractivity contribution >= 4 is 39.1 Å². The van der Waals surface area contributed by atoms with Gasteiger partial charge in [-0.15, -0.1) is 0 Å². The van der Waals surface area contributed by atoms with Crippen molar-refractivity contribution in [1.82, 2.24) is 10.2 Å². The molecule has 1 aliphatic carbocycles. The minimum atomic E-state index is -4.30. The Morgan fingerprint density at radius 1 is 0.878 bits per heavy atom. The zero-order valence-corrected chi connectivity index (χ0v) is 29.6. The predicted octanol–water partition coefficient (Wildman–Crippen LogP) is 7.33. The fourth-order valence-electron chi connectivity index (χ4n) is 6.29. The zero-order chi connectivity index (χ0) is 34.8. The highest BCUT2D eigenvalue weighted by atomic mass is 35.5. The molecule has 1 fully saturated rings. The quantitative estimate of drug-likeness (QED) is 0.149. The minimum absolute atomic E-state index is 0.0234. The van der Waals surface area contributed by atoms with E-state index in [0.29, 0.717) is 17.4 Å². The number of halogens is 1. The van der Waals surface area contributed by atoms with Gasteiger partial charge >= 0.3 is 0 Å². The Hall–Kier alpha value is -4.34. The van der Waals surface area contributed by atoms with Gasteiger partial charge in [0.25, 0.3) is 10.0 Å². The average molecular weight is 702 g/mol. The second-order valence-corrected chi connectivity index (χ2v) is 14.7. The fourth-order valence-corrected chi connectivity index (χ4v) is 7.84. The Morgan fingerprint density at radius 3 is 2.24 bits per heavy atom. The van der Waals surface area contributed by atoms with Crippen LogP contribution in [0.25, 0.3) is 0 Å². The zero-order valence-electron chi connectivity index (χ0n) is 28.1. The number of carbonyl (C=O) groups excluding carboxylic acids is 2. The SMILES string of the molecule is CCOc1ccccc1N(CC(=O)N(Cc1cccc(C)c1)C(Cc1ccccc1)C(=O)NC1CCCCC1)S(=O)(=O)c1ccc(Cl)cc1. The van der Waals surface area contributed by atoms with Crippen LogP contribution >= 0.6 is 11.6 Å². The van der Waals surface area contributed by atoms with Crippen LogP contribution in [0.15, 0.2) is 108 Å². The molecule has 4 aromatic carbocycles. The number of hydrogen-bond acceptors (Lipinski definition) is 5. The summed E-state index contributed by atoms with van der Waals surface area (Å²) in [6.07, 6.45) is 5.25. The summed E-state index contributed by atoms with van der Waals surface area (Å²) in [7, 11) is -4.30. The monoisotopic (exact) mass is 701 g/mol. The predicted molar refractivity (Wildman–Crippen MR) is 194 cm³/mol. The van der Waals surface area contributed by atoms with E-state index in [2.05, 4.69) is 5.32 Å². The molecule has 0 heterocycles. The number of sulfonamides is 1. The van der Waals surface area contributed by atoms with Gasteiger partial charge in [-0.25, -0.2) is 8.42 Å². The van der Waals surface area contributed by atoms with Gasteiger partial charge in [-0.05, 0) is 74.2 Å². The van der Waals surface area contributed by atoms with E-state index >= 15 is 0 Å². The van der Waals surface area contributed by atoms with Crippen molar-refractivity contribution in [3.05, 3.63) is 125 Å². The van der Waals surface area contributed by atoms with E-state index in [9.17, 15) is 18.0 Å². The van der Waals surface area contributed by atoms with Crippen LogP contribution in [0.3, 0.4) is 0 Å². The average Bonchev–Trinajstić information content (AvgIpc) is 3.10. The highest BCUT2D eigenvalue weighted by molar-refractivity contribution is 7.92. The van der Waals surface area contributed by atoms with Crippen molar-refractivity contribution < 1.29 is 22.7 Å². The third-order valence-electron chi connectivity index (χ3n) is 8.77. The van der Waals surface area contributed by atoms with Crippen molar-refractivity contribution in [1.29, 1.82) is 0 Å². The number of amides is 2. The molecule has 5 rings (SSSR count). The van der Waals surface area contributed by atoms with Crippen LogP contribution in [0, 0.1) is 6.92 Å². The first kappa shape index (κ1) is 36.0. The van der Waals surface area contributed by atoms with Gasteiger partial charge in [0, 0.05) is 24.0 Å². The highest BCUT2D eigenvalue weighted by Gasteiger charge is 2.36. The number of rotatable bonds is 14. The molecule has 0 saturated heterocycles. The van der Waals surface area contributed by atoms with E-state index in [1.807, 2.05) is 68.4 Å². The molecule has 0 bridgehead atoms. The van der Waals surface area contributed by atoms with Gasteiger partial charge in [0.05, 0.1) is 17.2 Å². The van der Waals surface area contributed by atoms with Crippen molar-refractivity contribution in [2.75, 3.05) is 17.5 Å². The molecule has 1 saturated carbocycles. The summed E-state index contributed by atoms with van der Waals surface area (Å²) in [6.45, 7) is 3.61. The van der Waals surface area contributed by atoms with Gasteiger partial charge in [-0.3, -0.25) is 13.9 Å². The van der Waals surface area contributed by atoms with E-state index in [1.54, 1.807) is 24.3 Å². The lowest BCUT2D eigenvalue weighted by atomic mass is 9.94. The number of benzene rings is 4. The number of para-hydroxylation sites is 2. The Bertz CT molecular complexity index is 1810. The normalized spacial score (nSPS) is 14.1. The molecule has 10 heteroatoms. The van der Waals surface area contributed by atoms with Crippen LogP contribution in [0.1, 0.15) is 55.7 Å². The van der Waals surface area contributed by atoms with Crippen molar-refractivity contribution in [3.63, 3.8) is 0 Å². The summed E-state index contributed by atoms with van der Waals surface area (Å²) in [5.41, 5.74) is 2.95. The fraction of sp³-hybridized carbons (Fsp3) is 0.333. The van der Waals surface area contributed by atoms with Gasteiger partial charge in [0.15, 0.2) is 0 Å². The number of anilines is 1. The third-order valence-corrected chi connectivity index (χ3v) is 10.8. The first-order chi connectivity index (χ1) is 23.7. The summed E-state index contributed by atoms with van der Waals surface area (Å²) in [5, 5.41) is 3.63. The van der Waals surface area contributed by atoms with E-state index in [0.717, 1.165) is 53.1 Å². The lowest BCUT2D eigenvalue weighted by Gasteiger charge is -2.35. The summed E-state index contributed by atoms with van der Waals surface area (Å²) >= 11 is 6.11. The Morgan fingerprint density at radius 2 is 1.55 bits per heavy atom. The molecule has 0 radical (unpaired) electrons. The van der Waals surface area contributed by atoms with E-state index < -0.39 is 28.5 Å². The van der Waals surface area contributed by atoms with Crippen LogP contribution in [-0.4, -0.2) is 50.4 Å². The molecule has 8 nitrogen and oxygen atoms in total. The number of aryl methyl sites for hydroxylation is 1. The van der Waals surface area contributed by atoms with Gasteiger partial charge in [-0.2, -0.15) is 0 Å². The number of hydrogen-bond donors (Lipinski definition) is 1. The topological polar surface area (TPSA) is 96.0 Å². The second kappa shape index (κ2) is 16.9. The van der Waals surface area contributed by atoms with Crippen LogP contribution < -0.4 is 14.4 Å². The summed E-state index contributed by atoms with van der Waals surface area (Å²) in [6, 6.07) is 29.1. The smallest absolute Gasteiger partial charge is 0.264 e. The molecule has 2 amide bonds. The number of ether oxygens (including phenoxy) is 1. The molecule has 0 aromatic heterocycles. The van der Waals surface area contributed by atoms with Crippen molar-refractivity contribution in [2.24, 2.45) is 0 Å². The first-order valence-electron chi connectivity index (χ1n) is 16.8. The van der Waals surface area contributed by atoms with Gasteiger partial charge in [-0.1, -0.05) is 103 Å². The largest absolute Gasteiger partial charge is 0.492 e. The van der Waals surface area contributed by atoms with Gasteiger partial charge in [0.1, 0.15) is 18.3 Å². The van der Waals surface area contributed by atoms with E-state index in [-0.39, 0.29) is 35.5 Å². The van der Waals surface area contributed by atoms with Gasteiger partial charge in [0.2, 0.25) is 11.8 Å². The maximum absolute atomic E-state index is 14.8. The summed E-state index contributed by atoms with van der Waals surface area (Å²) in [5.74, 6) is -0.458. The minimum Gasteiger partial charge on any atom is -0.492 e. The lowest BCUT2D eigenvalue weighted by molar-refractivity contribution is -0.140. The number of carbonyl (C=O) groups is 2. The molecule has 1 unspecified atom stereocenters. The van der Waals surface area contributed by atoms with Crippen LogP contribution in [0.4, 0.5) is 5.69 Å². The van der Waals surface area contributed by atoms with Crippen molar-refractivity contribution in [2.45, 2.75) is 75.9 Å². The molecular weight excluding hydrogens is 658 g/mol. The molecule has 1 aliphatic rings. The molecule has 0 aliphatic heterocycles. The number of nitrogens with zero attached hydrogens (tertiary/aromatic N) is 2. The van der Waals surface area contributed by atoms with E-state index in [1.165, 1.54) is 29.2 Å². The first-order valence-corrected chi connectivity index (χ1v) is 18.7. The van der Waals surface area contributed by atoms with Crippen molar-refractivity contribution in [3.8, 4) is 5.75 Å². The summed E-state index contributed by atoms with van der Waals surface area (Å²) < 4.78 is 35.7. The molecule has 49 heavy (non-hydrogen) atoms. The third kappa shape index (κ3) is 9.43. The summed E-state index contributed by atoms with van der Waals surface area (Å²) in [4.78, 5) is 30.6. The lowest BCUT2D eigenvalue weighted by Crippen LogP contribution is -2.55. The molecule has 4 aromatic rings. The molecule has 1 atom stereocenters. The van der Waals surface area contributed by atoms with Crippen LogP contribution in [-0.2, 0) is 32.6 Å². The standard InChI is InChI=1S/C39H44ClN3O5S/c1-3-48-37-20-11-10-19-35(37)43(49(46,47)34-23-21-32(40)22-24-34)28-38(44)42(27-31-16-12-13-29(2)25-31)36(26-30-14-6-4-7-15-30)39(45)41-33-17-8-5-9-18-33/h4,6-7,10-16,19-25,33,36H,3,5,8-9,17-18,26-28H2,1-2H3,(H,41,45). The van der Waals surface area contributed by atoms with Crippen LogP contribution in [0.5, 0.6) is 5.75 Å². The Labute approximate surface area is 295 Å². The Kier molecular flexibility index (Phi) is 12.4. The molecular formula is C39H44ClN3O5S. The van der Waals surface area contributed by atoms with Gasteiger partial charge < -0.3 is 15.0 Å². The molecule has 258 valence electrons. The number of nitrogens with one attached hydrogen (secondary N) is 1. The molecule has 0 spiro atoms. The van der Waals surface area contributed by atoms with E-state index in [4.69, 9.17) is 16.3 Å². The highest BCUT2D eigenvalue weighted by Crippen LogP contribution is 2.33. The Balaban J connectivity index is 1.59. The second-order valence-electron chi connectivity index (χ2n) is 12.4. The van der Waals surface area contributed by atoms with Crippen LogP contribution in [0.2, 0.25) is 5.02 Å². The maximum Gasteiger partial charge on any atom is 0.264 e. The maximum atomic E-state index is 14.8.